The van der Waals surface area contributed by atoms with Gasteiger partial charge in [-0.3, -0.25) is 4.79 Å². The summed E-state index contributed by atoms with van der Waals surface area (Å²) < 4.78 is 58.0. The lowest BCUT2D eigenvalue weighted by Gasteiger charge is -2.14. The molecule has 37 heavy (non-hydrogen) atoms. The molecular formula is C29H18ClF3O4. The Bertz CT molecular complexity index is 1610. The average Bonchev–Trinajstić information content (AvgIpc) is 2.90. The van der Waals surface area contributed by atoms with E-state index in [1.807, 2.05) is 30.3 Å². The van der Waals surface area contributed by atoms with Crippen LogP contribution in [-0.4, -0.2) is 0 Å². The normalized spacial score (nSPS) is 11.5. The highest BCUT2D eigenvalue weighted by atomic mass is 35.5. The molecule has 186 valence electrons. The summed E-state index contributed by atoms with van der Waals surface area (Å²) in [5, 5.41) is 0.418. The van der Waals surface area contributed by atoms with Gasteiger partial charge < -0.3 is 13.9 Å². The summed E-state index contributed by atoms with van der Waals surface area (Å²) in [6.07, 6.45) is -4.97. The van der Waals surface area contributed by atoms with Crippen LogP contribution in [-0.2, 0) is 12.8 Å². The summed E-state index contributed by atoms with van der Waals surface area (Å²) >= 11 is 6.12. The number of alkyl halides is 3. The Morgan fingerprint density at radius 1 is 0.784 bits per heavy atom. The fourth-order valence-electron chi connectivity index (χ4n) is 3.77. The van der Waals surface area contributed by atoms with Crippen LogP contribution >= 0.6 is 11.6 Å². The van der Waals surface area contributed by atoms with Crippen molar-refractivity contribution in [2.75, 3.05) is 0 Å². The second-order valence-electron chi connectivity index (χ2n) is 8.12. The molecule has 0 fully saturated rings. The largest absolute Gasteiger partial charge is 0.489 e. The fourth-order valence-corrected chi connectivity index (χ4v) is 3.96. The Morgan fingerprint density at radius 3 is 2.14 bits per heavy atom. The summed E-state index contributed by atoms with van der Waals surface area (Å²) in [7, 11) is 0. The van der Waals surface area contributed by atoms with E-state index in [9.17, 15) is 18.0 Å². The highest BCUT2D eigenvalue weighted by molar-refractivity contribution is 6.31. The Labute approximate surface area is 214 Å². The lowest BCUT2D eigenvalue weighted by atomic mass is 10.1. The van der Waals surface area contributed by atoms with Gasteiger partial charge in [0.05, 0.1) is 5.39 Å². The van der Waals surface area contributed by atoms with E-state index in [1.54, 1.807) is 36.4 Å². The summed E-state index contributed by atoms with van der Waals surface area (Å²) in [4.78, 5) is 13.1. The molecule has 1 aromatic heterocycles. The fraction of sp³-hybridized carbons (Fsp3) is 0.0690. The van der Waals surface area contributed by atoms with Crippen molar-refractivity contribution >= 4 is 22.6 Å². The van der Waals surface area contributed by atoms with Gasteiger partial charge in [-0.05, 0) is 41.5 Å². The molecule has 0 bridgehead atoms. The minimum absolute atomic E-state index is 0.0662. The van der Waals surface area contributed by atoms with Crippen molar-refractivity contribution in [2.24, 2.45) is 0 Å². The third-order valence-electron chi connectivity index (χ3n) is 5.61. The summed E-state index contributed by atoms with van der Waals surface area (Å²) in [6.45, 7) is 0.0850. The van der Waals surface area contributed by atoms with Gasteiger partial charge in [0.25, 0.3) is 5.76 Å². The van der Waals surface area contributed by atoms with E-state index < -0.39 is 23.1 Å². The lowest BCUT2D eigenvalue weighted by molar-refractivity contribution is -0.154. The number of hydrogen-bond donors (Lipinski definition) is 0. The van der Waals surface area contributed by atoms with Crippen LogP contribution in [0.3, 0.4) is 0 Å². The summed E-state index contributed by atoms with van der Waals surface area (Å²) in [5.41, 5.74) is 1.25. The van der Waals surface area contributed by atoms with E-state index >= 15 is 0 Å². The predicted octanol–water partition coefficient (Wildman–Crippen LogP) is 8.50. The van der Waals surface area contributed by atoms with Gasteiger partial charge in [0.2, 0.25) is 11.2 Å². The molecule has 5 aromatic rings. The first kappa shape index (κ1) is 24.5. The first-order chi connectivity index (χ1) is 17.8. The molecule has 5 rings (SSSR count). The van der Waals surface area contributed by atoms with Crippen LogP contribution in [0.25, 0.3) is 22.1 Å². The maximum absolute atomic E-state index is 13.9. The molecule has 0 unspecified atom stereocenters. The second-order valence-corrected chi connectivity index (χ2v) is 8.52. The van der Waals surface area contributed by atoms with Crippen molar-refractivity contribution in [3.63, 3.8) is 0 Å². The quantitative estimate of drug-likeness (QED) is 0.224. The van der Waals surface area contributed by atoms with Gasteiger partial charge in [0.15, 0.2) is 0 Å². The van der Waals surface area contributed by atoms with Crippen LogP contribution < -0.4 is 14.9 Å². The minimum atomic E-state index is -4.97. The number of fused-ring (bicyclic) bond motifs is 1. The first-order valence-electron chi connectivity index (χ1n) is 11.2. The number of benzene rings is 4. The molecule has 0 saturated heterocycles. The van der Waals surface area contributed by atoms with Crippen molar-refractivity contribution in [2.45, 2.75) is 12.8 Å². The maximum Gasteiger partial charge on any atom is 0.453 e. The molecule has 0 radical (unpaired) electrons. The van der Waals surface area contributed by atoms with Crippen LogP contribution in [0.5, 0.6) is 17.2 Å². The van der Waals surface area contributed by atoms with E-state index in [4.69, 9.17) is 25.5 Å². The van der Waals surface area contributed by atoms with Crippen molar-refractivity contribution in [1.82, 2.24) is 0 Å². The maximum atomic E-state index is 13.9. The zero-order valence-corrected chi connectivity index (χ0v) is 19.8. The zero-order chi connectivity index (χ0) is 26.0. The van der Waals surface area contributed by atoms with Crippen molar-refractivity contribution in [3.05, 3.63) is 124 Å². The molecule has 0 aliphatic carbocycles. The first-order valence-corrected chi connectivity index (χ1v) is 11.5. The molecule has 0 aliphatic heterocycles. The lowest BCUT2D eigenvalue weighted by Crippen LogP contribution is -2.15. The number of hydrogen-bond acceptors (Lipinski definition) is 4. The highest BCUT2D eigenvalue weighted by Gasteiger charge is 2.40. The van der Waals surface area contributed by atoms with Crippen LogP contribution in [0.4, 0.5) is 13.2 Å². The van der Waals surface area contributed by atoms with Gasteiger partial charge in [0, 0.05) is 16.7 Å². The zero-order valence-electron chi connectivity index (χ0n) is 19.1. The minimum Gasteiger partial charge on any atom is -0.489 e. The van der Waals surface area contributed by atoms with E-state index in [0.29, 0.717) is 10.6 Å². The monoisotopic (exact) mass is 522 g/mol. The van der Waals surface area contributed by atoms with Gasteiger partial charge in [-0.15, -0.1) is 0 Å². The van der Waals surface area contributed by atoms with Crippen molar-refractivity contribution in [3.8, 4) is 28.4 Å². The third kappa shape index (κ3) is 5.32. The molecule has 1 heterocycles. The second kappa shape index (κ2) is 10.0. The topological polar surface area (TPSA) is 48.7 Å². The average molecular weight is 523 g/mol. The molecule has 0 saturated carbocycles. The molecule has 0 N–H and O–H groups in total. The van der Waals surface area contributed by atoms with Gasteiger partial charge in [0.1, 0.15) is 23.7 Å². The van der Waals surface area contributed by atoms with Gasteiger partial charge in [-0.2, -0.15) is 13.2 Å². The Hall–Kier alpha value is -4.23. The van der Waals surface area contributed by atoms with Gasteiger partial charge in [-0.1, -0.05) is 72.3 Å². The van der Waals surface area contributed by atoms with E-state index in [0.717, 1.165) is 11.1 Å². The van der Waals surface area contributed by atoms with E-state index in [1.165, 1.54) is 30.3 Å². The van der Waals surface area contributed by atoms with Crippen molar-refractivity contribution < 1.29 is 27.1 Å². The summed E-state index contributed by atoms with van der Waals surface area (Å²) in [5.74, 6) is -2.18. The smallest absolute Gasteiger partial charge is 0.453 e. The van der Waals surface area contributed by atoms with Crippen LogP contribution in [0.15, 0.2) is 106 Å². The molecule has 8 heteroatoms. The van der Waals surface area contributed by atoms with Crippen molar-refractivity contribution in [1.29, 1.82) is 0 Å². The van der Waals surface area contributed by atoms with Crippen LogP contribution in [0.1, 0.15) is 11.3 Å². The van der Waals surface area contributed by atoms with Crippen LogP contribution in [0, 0.1) is 0 Å². The number of ether oxygens (including phenoxy) is 2. The standard InChI is InChI=1S/C29H18ClF3O4/c30-24-9-5-4-8-20(24)17-35-22-14-15-23-25(16-22)37-28(29(31,32)33)27(26(23)34)36-21-12-10-19(11-13-21)18-6-2-1-3-7-18/h1-16H,17H2. The Morgan fingerprint density at radius 2 is 1.43 bits per heavy atom. The molecular weight excluding hydrogens is 505 g/mol. The summed E-state index contributed by atoms with van der Waals surface area (Å²) in [6, 6.07) is 26.9. The molecule has 0 atom stereocenters. The molecule has 4 aromatic carbocycles. The van der Waals surface area contributed by atoms with E-state index in [2.05, 4.69) is 0 Å². The SMILES string of the molecule is O=c1c(Oc2ccc(-c3ccccc3)cc2)c(C(F)(F)F)oc2cc(OCc3ccccc3Cl)ccc12. The molecule has 4 nitrogen and oxygen atoms in total. The van der Waals surface area contributed by atoms with Crippen LogP contribution in [0.2, 0.25) is 5.02 Å². The third-order valence-corrected chi connectivity index (χ3v) is 5.98. The Kier molecular flexibility index (Phi) is 6.63. The van der Waals surface area contributed by atoms with E-state index in [-0.39, 0.29) is 29.1 Å². The molecule has 0 spiro atoms. The number of halogens is 4. The predicted molar refractivity (Wildman–Crippen MR) is 135 cm³/mol. The van der Waals surface area contributed by atoms with Gasteiger partial charge in [-0.25, -0.2) is 0 Å². The molecule has 0 amide bonds. The van der Waals surface area contributed by atoms with Gasteiger partial charge >= 0.3 is 6.18 Å². The highest BCUT2D eigenvalue weighted by Crippen LogP contribution is 2.39. The molecule has 0 aliphatic rings. The number of rotatable bonds is 6. The Balaban J connectivity index is 1.47.